The van der Waals surface area contributed by atoms with Crippen molar-refractivity contribution >= 4 is 56.0 Å². The first-order valence-corrected chi connectivity index (χ1v) is 10.8. The molecule has 1 saturated heterocycles. The Morgan fingerprint density at radius 1 is 0.967 bits per heavy atom. The van der Waals surface area contributed by atoms with Crippen molar-refractivity contribution in [1.29, 1.82) is 0 Å². The van der Waals surface area contributed by atoms with Crippen LogP contribution in [-0.2, 0) is 4.79 Å². The highest BCUT2D eigenvalue weighted by molar-refractivity contribution is 7.22. The largest absolute Gasteiger partial charge is 0.345 e. The van der Waals surface area contributed by atoms with Crippen molar-refractivity contribution in [3.63, 3.8) is 0 Å². The van der Waals surface area contributed by atoms with Gasteiger partial charge in [0.2, 0.25) is 5.91 Å². The van der Waals surface area contributed by atoms with Crippen molar-refractivity contribution in [2.75, 3.05) is 37.6 Å². The second kappa shape index (κ2) is 7.37. The maximum absolute atomic E-state index is 12.8. The second-order valence-corrected chi connectivity index (χ2v) is 8.61. The first-order chi connectivity index (χ1) is 14.5. The van der Waals surface area contributed by atoms with Gasteiger partial charge in [-0.25, -0.2) is 4.98 Å². The Balaban J connectivity index is 1.23. The summed E-state index contributed by atoms with van der Waals surface area (Å²) >= 11 is 7.80. The van der Waals surface area contributed by atoms with Crippen LogP contribution in [0.2, 0.25) is 5.02 Å². The fraction of sp³-hybridized carbons (Fsp3) is 0.238. The summed E-state index contributed by atoms with van der Waals surface area (Å²) in [6.07, 6.45) is 0. The fourth-order valence-corrected chi connectivity index (χ4v) is 5.12. The quantitative estimate of drug-likeness (QED) is 0.585. The average molecular weight is 441 g/mol. The second-order valence-electron chi connectivity index (χ2n) is 7.19. The Labute approximate surface area is 181 Å². The molecule has 9 heteroatoms. The summed E-state index contributed by atoms with van der Waals surface area (Å²) in [6, 6.07) is 12.4. The molecule has 0 N–H and O–H groups in total. The van der Waals surface area contributed by atoms with Gasteiger partial charge in [-0.2, -0.15) is 0 Å². The Bertz CT molecular complexity index is 1150. The predicted octanol–water partition coefficient (Wildman–Crippen LogP) is 2.89. The van der Waals surface area contributed by atoms with E-state index in [1.807, 2.05) is 18.2 Å². The van der Waals surface area contributed by atoms with Crippen LogP contribution in [-0.4, -0.2) is 65.2 Å². The lowest BCUT2D eigenvalue weighted by molar-refractivity contribution is -0.131. The lowest BCUT2D eigenvalue weighted by Gasteiger charge is -2.35. The SMILES string of the molecule is O=C(CN1C(=O)c2ccccc2C1=O)N1CCN(c2nc3c(Cl)cccc3s2)CC1. The molecule has 0 unspecified atom stereocenters. The number of hydrogen-bond donors (Lipinski definition) is 0. The number of piperazine rings is 1. The molecule has 2 aromatic carbocycles. The molecule has 0 bridgehead atoms. The number of carbonyl (C=O) groups excluding carboxylic acids is 3. The molecule has 3 aromatic rings. The average Bonchev–Trinajstić information content (AvgIpc) is 3.31. The first-order valence-electron chi connectivity index (χ1n) is 9.56. The summed E-state index contributed by atoms with van der Waals surface area (Å²) in [4.78, 5) is 47.2. The number of para-hydroxylation sites is 1. The van der Waals surface area contributed by atoms with Gasteiger partial charge < -0.3 is 9.80 Å². The van der Waals surface area contributed by atoms with Crippen LogP contribution >= 0.6 is 22.9 Å². The Morgan fingerprint density at radius 3 is 2.27 bits per heavy atom. The Kier molecular flexibility index (Phi) is 4.67. The maximum atomic E-state index is 12.8. The van der Waals surface area contributed by atoms with Crippen LogP contribution in [0.25, 0.3) is 10.2 Å². The Hall–Kier alpha value is -2.97. The molecule has 2 aliphatic rings. The van der Waals surface area contributed by atoms with Gasteiger partial charge in [-0.15, -0.1) is 0 Å². The standard InChI is InChI=1S/C21H17ClN4O3S/c22-15-6-3-7-16-18(15)23-21(30-16)25-10-8-24(9-11-25)17(27)12-26-19(28)13-4-1-2-5-14(13)20(26)29/h1-7H,8-12H2. The van der Waals surface area contributed by atoms with Gasteiger partial charge in [0.25, 0.3) is 11.8 Å². The molecule has 1 fully saturated rings. The van der Waals surface area contributed by atoms with Gasteiger partial charge in [0, 0.05) is 26.2 Å². The number of aromatic nitrogens is 1. The minimum Gasteiger partial charge on any atom is -0.345 e. The summed E-state index contributed by atoms with van der Waals surface area (Å²) in [5, 5.41) is 1.51. The Morgan fingerprint density at radius 2 is 1.63 bits per heavy atom. The number of carbonyl (C=O) groups is 3. The highest BCUT2D eigenvalue weighted by Crippen LogP contribution is 2.33. The normalized spacial score (nSPS) is 16.5. The van der Waals surface area contributed by atoms with Crippen LogP contribution in [0.1, 0.15) is 20.7 Å². The molecule has 152 valence electrons. The molecule has 7 nitrogen and oxygen atoms in total. The topological polar surface area (TPSA) is 73.8 Å². The van der Waals surface area contributed by atoms with E-state index in [4.69, 9.17) is 11.6 Å². The van der Waals surface area contributed by atoms with Crippen LogP contribution in [0, 0.1) is 0 Å². The van der Waals surface area contributed by atoms with Gasteiger partial charge in [-0.3, -0.25) is 19.3 Å². The minimum atomic E-state index is -0.408. The summed E-state index contributed by atoms with van der Waals surface area (Å²) in [6.45, 7) is 2.04. The first kappa shape index (κ1) is 19.0. The van der Waals surface area contributed by atoms with Crippen molar-refractivity contribution in [2.24, 2.45) is 0 Å². The molecule has 30 heavy (non-hydrogen) atoms. The third kappa shape index (κ3) is 3.12. The molecule has 0 spiro atoms. The molecule has 2 aliphatic heterocycles. The number of hydrogen-bond acceptors (Lipinski definition) is 6. The number of halogens is 1. The van der Waals surface area contributed by atoms with E-state index in [1.54, 1.807) is 40.5 Å². The fourth-order valence-electron chi connectivity index (χ4n) is 3.80. The van der Waals surface area contributed by atoms with Crippen LogP contribution in [0.3, 0.4) is 0 Å². The number of imide groups is 1. The van der Waals surface area contributed by atoms with Gasteiger partial charge in [0.1, 0.15) is 12.1 Å². The van der Waals surface area contributed by atoms with Crippen LogP contribution < -0.4 is 4.90 Å². The maximum Gasteiger partial charge on any atom is 0.262 e. The summed E-state index contributed by atoms with van der Waals surface area (Å²) < 4.78 is 1.03. The number of anilines is 1. The van der Waals surface area contributed by atoms with E-state index < -0.39 is 11.8 Å². The highest BCUT2D eigenvalue weighted by Gasteiger charge is 2.37. The van der Waals surface area contributed by atoms with E-state index in [0.29, 0.717) is 42.3 Å². The third-order valence-electron chi connectivity index (χ3n) is 5.43. The summed E-state index contributed by atoms with van der Waals surface area (Å²) in [5.41, 5.74) is 1.51. The molecule has 0 atom stereocenters. The van der Waals surface area contributed by atoms with Crippen LogP contribution in [0.4, 0.5) is 5.13 Å². The smallest absolute Gasteiger partial charge is 0.262 e. The molecule has 3 heterocycles. The number of nitrogens with zero attached hydrogens (tertiary/aromatic N) is 4. The zero-order valence-corrected chi connectivity index (χ0v) is 17.4. The summed E-state index contributed by atoms with van der Waals surface area (Å²) in [7, 11) is 0. The number of amides is 3. The molecule has 0 aliphatic carbocycles. The molecule has 5 rings (SSSR count). The highest BCUT2D eigenvalue weighted by atomic mass is 35.5. The van der Waals surface area contributed by atoms with Gasteiger partial charge in [-0.1, -0.05) is 41.1 Å². The van der Waals surface area contributed by atoms with Crippen molar-refractivity contribution in [1.82, 2.24) is 14.8 Å². The van der Waals surface area contributed by atoms with E-state index in [9.17, 15) is 14.4 Å². The van der Waals surface area contributed by atoms with E-state index in [0.717, 1.165) is 20.2 Å². The van der Waals surface area contributed by atoms with Gasteiger partial charge in [0.15, 0.2) is 5.13 Å². The van der Waals surface area contributed by atoms with Crippen LogP contribution in [0.5, 0.6) is 0 Å². The third-order valence-corrected chi connectivity index (χ3v) is 6.82. The zero-order chi connectivity index (χ0) is 20.8. The van der Waals surface area contributed by atoms with Gasteiger partial charge in [-0.05, 0) is 24.3 Å². The number of fused-ring (bicyclic) bond motifs is 2. The zero-order valence-electron chi connectivity index (χ0n) is 15.9. The van der Waals surface area contributed by atoms with E-state index in [1.165, 1.54) is 0 Å². The molecular formula is C21H17ClN4O3S. The molecule has 1 aromatic heterocycles. The number of rotatable bonds is 3. The van der Waals surface area contributed by atoms with Crippen molar-refractivity contribution in [3.05, 3.63) is 58.6 Å². The van der Waals surface area contributed by atoms with Crippen LogP contribution in [0.15, 0.2) is 42.5 Å². The van der Waals surface area contributed by atoms with E-state index >= 15 is 0 Å². The van der Waals surface area contributed by atoms with Gasteiger partial charge in [0.05, 0.1) is 20.8 Å². The van der Waals surface area contributed by atoms with E-state index in [2.05, 4.69) is 9.88 Å². The lowest BCUT2D eigenvalue weighted by atomic mass is 10.1. The van der Waals surface area contributed by atoms with Crippen molar-refractivity contribution in [3.8, 4) is 0 Å². The summed E-state index contributed by atoms with van der Waals surface area (Å²) in [5.74, 6) is -1.04. The molecular weight excluding hydrogens is 424 g/mol. The van der Waals surface area contributed by atoms with Crippen molar-refractivity contribution in [2.45, 2.75) is 0 Å². The van der Waals surface area contributed by atoms with Gasteiger partial charge >= 0.3 is 0 Å². The van der Waals surface area contributed by atoms with Crippen molar-refractivity contribution < 1.29 is 14.4 Å². The monoisotopic (exact) mass is 440 g/mol. The predicted molar refractivity (Wildman–Crippen MR) is 115 cm³/mol. The minimum absolute atomic E-state index is 0.225. The number of benzene rings is 2. The lowest BCUT2D eigenvalue weighted by Crippen LogP contribution is -2.51. The number of thiazole rings is 1. The molecule has 3 amide bonds. The van der Waals surface area contributed by atoms with E-state index in [-0.39, 0.29) is 12.5 Å². The molecule has 0 radical (unpaired) electrons. The molecule has 0 saturated carbocycles.